The molecule has 1 N–H and O–H groups in total. The SMILES string of the molecule is Cc1nnnn1-c1ccc(F)c(NC(=O)c2csc(C(C)C)n2)c1. The number of carbonyl (C=O) groups excluding carboxylic acids is 1. The number of carbonyl (C=O) groups is 1. The lowest BCUT2D eigenvalue weighted by Gasteiger charge is -2.08. The lowest BCUT2D eigenvalue weighted by molar-refractivity contribution is 0.102. The van der Waals surface area contributed by atoms with Crippen molar-refractivity contribution in [3.63, 3.8) is 0 Å². The number of thiazole rings is 1. The van der Waals surface area contributed by atoms with E-state index in [1.807, 2.05) is 13.8 Å². The number of tetrazole rings is 1. The highest BCUT2D eigenvalue weighted by Crippen LogP contribution is 2.22. The summed E-state index contributed by atoms with van der Waals surface area (Å²) >= 11 is 1.41. The Labute approximate surface area is 141 Å². The molecule has 1 amide bonds. The van der Waals surface area contributed by atoms with Crippen molar-refractivity contribution in [2.24, 2.45) is 0 Å². The number of benzene rings is 1. The number of nitrogens with one attached hydrogen (secondary N) is 1. The van der Waals surface area contributed by atoms with E-state index in [1.54, 1.807) is 12.3 Å². The van der Waals surface area contributed by atoms with E-state index in [9.17, 15) is 9.18 Å². The molecule has 2 aromatic heterocycles. The summed E-state index contributed by atoms with van der Waals surface area (Å²) in [4.78, 5) is 16.6. The van der Waals surface area contributed by atoms with Gasteiger partial charge in [-0.1, -0.05) is 13.8 Å². The van der Waals surface area contributed by atoms with Gasteiger partial charge < -0.3 is 5.32 Å². The minimum Gasteiger partial charge on any atom is -0.318 e. The average molecular weight is 346 g/mol. The van der Waals surface area contributed by atoms with Gasteiger partial charge in [0.05, 0.1) is 16.4 Å². The van der Waals surface area contributed by atoms with Crippen molar-refractivity contribution in [3.8, 4) is 5.69 Å². The molecule has 0 bridgehead atoms. The molecule has 0 saturated heterocycles. The lowest BCUT2D eigenvalue weighted by Crippen LogP contribution is -2.14. The Balaban J connectivity index is 1.86. The Morgan fingerprint density at radius 2 is 2.17 bits per heavy atom. The first kappa shape index (κ1) is 16.2. The number of anilines is 1. The average Bonchev–Trinajstić information content (AvgIpc) is 3.18. The predicted octanol–water partition coefficient (Wildman–Crippen LogP) is 2.94. The fraction of sp³-hybridized carbons (Fsp3) is 0.267. The number of hydrogen-bond donors (Lipinski definition) is 1. The highest BCUT2D eigenvalue weighted by molar-refractivity contribution is 7.09. The maximum absolute atomic E-state index is 14.0. The van der Waals surface area contributed by atoms with Gasteiger partial charge >= 0.3 is 0 Å². The number of hydrogen-bond acceptors (Lipinski definition) is 6. The molecule has 7 nitrogen and oxygen atoms in total. The van der Waals surface area contributed by atoms with Crippen molar-refractivity contribution in [2.75, 3.05) is 5.32 Å². The Morgan fingerprint density at radius 3 is 2.79 bits per heavy atom. The summed E-state index contributed by atoms with van der Waals surface area (Å²) in [5.74, 6) is -0.209. The fourth-order valence-corrected chi connectivity index (χ4v) is 2.87. The second-order valence-electron chi connectivity index (χ2n) is 5.48. The molecular formula is C15H15FN6OS. The van der Waals surface area contributed by atoms with E-state index in [1.165, 1.54) is 34.2 Å². The molecule has 0 unspecified atom stereocenters. The maximum Gasteiger partial charge on any atom is 0.275 e. The number of halogens is 1. The fourth-order valence-electron chi connectivity index (χ4n) is 2.05. The molecular weight excluding hydrogens is 331 g/mol. The number of rotatable bonds is 4. The molecule has 0 aliphatic rings. The summed E-state index contributed by atoms with van der Waals surface area (Å²) in [5, 5.41) is 16.2. The zero-order chi connectivity index (χ0) is 17.3. The lowest BCUT2D eigenvalue weighted by atomic mass is 10.2. The van der Waals surface area contributed by atoms with Crippen molar-refractivity contribution in [1.82, 2.24) is 25.2 Å². The summed E-state index contributed by atoms with van der Waals surface area (Å²) in [6.07, 6.45) is 0. The van der Waals surface area contributed by atoms with Gasteiger partial charge in [-0.3, -0.25) is 4.79 Å². The Bertz CT molecular complexity index is 888. The van der Waals surface area contributed by atoms with Crippen LogP contribution in [0.3, 0.4) is 0 Å². The van der Waals surface area contributed by atoms with Gasteiger partial charge in [-0.2, -0.15) is 4.68 Å². The summed E-state index contributed by atoms with van der Waals surface area (Å²) in [7, 11) is 0. The van der Waals surface area contributed by atoms with Gasteiger partial charge in [-0.05, 0) is 35.5 Å². The molecule has 124 valence electrons. The van der Waals surface area contributed by atoms with Crippen molar-refractivity contribution in [3.05, 3.63) is 45.9 Å². The van der Waals surface area contributed by atoms with Gasteiger partial charge in [0.25, 0.3) is 5.91 Å². The smallest absolute Gasteiger partial charge is 0.275 e. The van der Waals surface area contributed by atoms with Gasteiger partial charge in [0.15, 0.2) is 5.82 Å². The van der Waals surface area contributed by atoms with E-state index < -0.39 is 11.7 Å². The number of aromatic nitrogens is 5. The van der Waals surface area contributed by atoms with E-state index in [2.05, 4.69) is 25.8 Å². The quantitative estimate of drug-likeness (QED) is 0.785. The van der Waals surface area contributed by atoms with E-state index in [-0.39, 0.29) is 17.3 Å². The highest BCUT2D eigenvalue weighted by Gasteiger charge is 2.15. The number of aryl methyl sites for hydroxylation is 1. The van der Waals surface area contributed by atoms with Crippen LogP contribution in [0.25, 0.3) is 5.69 Å². The minimum atomic E-state index is -0.544. The van der Waals surface area contributed by atoms with Crippen LogP contribution >= 0.6 is 11.3 Å². The third-order valence-electron chi connectivity index (χ3n) is 3.32. The zero-order valence-electron chi connectivity index (χ0n) is 13.3. The monoisotopic (exact) mass is 346 g/mol. The first-order valence-corrected chi connectivity index (χ1v) is 8.15. The first-order valence-electron chi connectivity index (χ1n) is 7.27. The summed E-state index contributed by atoms with van der Waals surface area (Å²) < 4.78 is 15.5. The highest BCUT2D eigenvalue weighted by atomic mass is 32.1. The van der Waals surface area contributed by atoms with Crippen molar-refractivity contribution >= 4 is 22.9 Å². The molecule has 24 heavy (non-hydrogen) atoms. The van der Waals surface area contributed by atoms with Crippen LogP contribution in [0, 0.1) is 12.7 Å². The second-order valence-corrected chi connectivity index (χ2v) is 6.37. The van der Waals surface area contributed by atoms with E-state index in [0.29, 0.717) is 11.5 Å². The van der Waals surface area contributed by atoms with Crippen molar-refractivity contribution in [2.45, 2.75) is 26.7 Å². The predicted molar refractivity (Wildman–Crippen MR) is 88.0 cm³/mol. The summed E-state index contributed by atoms with van der Waals surface area (Å²) in [5.41, 5.74) is 0.869. The molecule has 2 heterocycles. The van der Waals surface area contributed by atoms with Gasteiger partial charge in [-0.15, -0.1) is 16.4 Å². The largest absolute Gasteiger partial charge is 0.318 e. The first-order chi connectivity index (χ1) is 11.5. The van der Waals surface area contributed by atoms with Crippen LogP contribution in [-0.4, -0.2) is 31.1 Å². The standard InChI is InChI=1S/C15H15FN6OS/c1-8(2)15-18-13(7-24-15)14(23)17-12-6-10(4-5-11(12)16)22-9(3)19-20-21-22/h4-8H,1-3H3,(H,17,23). The van der Waals surface area contributed by atoms with Gasteiger partial charge in [0, 0.05) is 11.3 Å². The third kappa shape index (κ3) is 3.16. The van der Waals surface area contributed by atoms with Crippen LogP contribution in [0.2, 0.25) is 0 Å². The van der Waals surface area contributed by atoms with Gasteiger partial charge in [0.1, 0.15) is 11.5 Å². The number of amides is 1. The van der Waals surface area contributed by atoms with Crippen LogP contribution < -0.4 is 5.32 Å². The van der Waals surface area contributed by atoms with Crippen LogP contribution in [0.4, 0.5) is 10.1 Å². The molecule has 3 aromatic rings. The zero-order valence-corrected chi connectivity index (χ0v) is 14.1. The molecule has 0 aliphatic heterocycles. The minimum absolute atomic E-state index is 0.0477. The van der Waals surface area contributed by atoms with Crippen LogP contribution in [0.5, 0.6) is 0 Å². The molecule has 0 spiro atoms. The normalized spacial score (nSPS) is 11.0. The molecule has 9 heteroatoms. The van der Waals surface area contributed by atoms with E-state index in [4.69, 9.17) is 0 Å². The van der Waals surface area contributed by atoms with Crippen LogP contribution in [-0.2, 0) is 0 Å². The molecule has 0 atom stereocenters. The molecule has 1 aromatic carbocycles. The molecule has 0 aliphatic carbocycles. The Hall–Kier alpha value is -2.68. The van der Waals surface area contributed by atoms with E-state index in [0.717, 1.165) is 5.01 Å². The van der Waals surface area contributed by atoms with Gasteiger partial charge in [-0.25, -0.2) is 9.37 Å². The maximum atomic E-state index is 14.0. The van der Waals surface area contributed by atoms with Crippen molar-refractivity contribution in [1.29, 1.82) is 0 Å². The molecule has 0 radical (unpaired) electrons. The second kappa shape index (κ2) is 6.44. The molecule has 0 saturated carbocycles. The third-order valence-corrected chi connectivity index (χ3v) is 4.46. The molecule has 0 fully saturated rings. The van der Waals surface area contributed by atoms with Crippen LogP contribution in [0.1, 0.15) is 41.1 Å². The Kier molecular flexibility index (Phi) is 4.34. The number of nitrogens with zero attached hydrogens (tertiary/aromatic N) is 5. The summed E-state index contributed by atoms with van der Waals surface area (Å²) in [6, 6.07) is 4.27. The van der Waals surface area contributed by atoms with E-state index >= 15 is 0 Å². The topological polar surface area (TPSA) is 85.6 Å². The summed E-state index contributed by atoms with van der Waals surface area (Å²) in [6.45, 7) is 5.72. The van der Waals surface area contributed by atoms with Crippen LogP contribution in [0.15, 0.2) is 23.6 Å². The molecule has 3 rings (SSSR count). The van der Waals surface area contributed by atoms with Crippen molar-refractivity contribution < 1.29 is 9.18 Å². The Morgan fingerprint density at radius 1 is 1.38 bits per heavy atom. The van der Waals surface area contributed by atoms with Gasteiger partial charge in [0.2, 0.25) is 0 Å².